The highest BCUT2D eigenvalue weighted by Crippen LogP contribution is 2.61. The van der Waals surface area contributed by atoms with E-state index in [0.29, 0.717) is 0 Å². The number of rotatable bonds is 0. The molecule has 6 heavy (non-hydrogen) atoms. The van der Waals surface area contributed by atoms with E-state index in [1.165, 1.54) is 6.42 Å². The third-order valence-electron chi connectivity index (χ3n) is 2.15. The van der Waals surface area contributed by atoms with E-state index >= 15 is 0 Å². The van der Waals surface area contributed by atoms with Gasteiger partial charge in [0.2, 0.25) is 0 Å². The van der Waals surface area contributed by atoms with Crippen LogP contribution < -0.4 is 0 Å². The van der Waals surface area contributed by atoms with Crippen molar-refractivity contribution in [3.63, 3.8) is 0 Å². The fraction of sp³-hybridized carbons (Fsp3) is 0.800. The number of nitrogens with zero attached hydrogens (tertiary/aromatic N) is 1. The molecule has 0 aromatic rings. The van der Waals surface area contributed by atoms with E-state index in [0.717, 1.165) is 17.9 Å². The third kappa shape index (κ3) is 0.0676. The second-order valence-corrected chi connectivity index (χ2v) is 2.50. The Labute approximate surface area is 36.1 Å². The maximum atomic E-state index is 4.21. The van der Waals surface area contributed by atoms with Crippen LogP contribution in [0.5, 0.6) is 0 Å². The SMILES string of the molecule is C1C2C3=NC3C12. The summed E-state index contributed by atoms with van der Waals surface area (Å²) in [6, 6.07) is 0.815. The van der Waals surface area contributed by atoms with Crippen molar-refractivity contribution in [1.29, 1.82) is 0 Å². The quantitative estimate of drug-likeness (QED) is 0.400. The van der Waals surface area contributed by atoms with Crippen LogP contribution in [0.25, 0.3) is 0 Å². The van der Waals surface area contributed by atoms with Crippen molar-refractivity contribution < 1.29 is 0 Å². The van der Waals surface area contributed by atoms with Crippen LogP contribution in [-0.4, -0.2) is 11.8 Å². The molecule has 0 saturated heterocycles. The molecule has 30 valence electrons. The molecule has 3 aliphatic rings. The molecule has 0 bridgehead atoms. The summed E-state index contributed by atoms with van der Waals surface area (Å²) in [5.41, 5.74) is 1.56. The van der Waals surface area contributed by atoms with E-state index in [4.69, 9.17) is 0 Å². The molecule has 2 fully saturated rings. The van der Waals surface area contributed by atoms with Crippen molar-refractivity contribution in [3.8, 4) is 0 Å². The Bertz CT molecular complexity index is 148. The van der Waals surface area contributed by atoms with Crippen LogP contribution in [0.3, 0.4) is 0 Å². The van der Waals surface area contributed by atoms with Gasteiger partial charge in [-0.2, -0.15) is 0 Å². The van der Waals surface area contributed by atoms with E-state index in [1.807, 2.05) is 0 Å². The lowest BCUT2D eigenvalue weighted by Crippen LogP contribution is -2.14. The van der Waals surface area contributed by atoms with Crippen molar-refractivity contribution in [2.75, 3.05) is 0 Å². The summed E-state index contributed by atoms with van der Waals surface area (Å²) in [4.78, 5) is 4.21. The summed E-state index contributed by atoms with van der Waals surface area (Å²) in [6.45, 7) is 0. The van der Waals surface area contributed by atoms with Crippen LogP contribution in [-0.2, 0) is 0 Å². The van der Waals surface area contributed by atoms with E-state index < -0.39 is 0 Å². The summed E-state index contributed by atoms with van der Waals surface area (Å²) >= 11 is 0. The summed E-state index contributed by atoms with van der Waals surface area (Å²) in [5.74, 6) is 2.09. The Morgan fingerprint density at radius 3 is 2.83 bits per heavy atom. The van der Waals surface area contributed by atoms with Gasteiger partial charge in [-0.05, 0) is 12.3 Å². The number of aliphatic imine (C=N–C) groups is 1. The maximum absolute atomic E-state index is 4.21. The van der Waals surface area contributed by atoms with E-state index in [9.17, 15) is 0 Å². The smallest absolute Gasteiger partial charge is 0.0914 e. The lowest BCUT2D eigenvalue weighted by Gasteiger charge is -1.98. The van der Waals surface area contributed by atoms with Crippen molar-refractivity contribution in [3.05, 3.63) is 0 Å². The second-order valence-electron chi connectivity index (χ2n) is 2.50. The number of hydrogen-bond acceptors (Lipinski definition) is 1. The number of hydrogen-bond donors (Lipinski definition) is 0. The molecule has 3 unspecified atom stereocenters. The summed E-state index contributed by atoms with van der Waals surface area (Å²) in [5, 5.41) is 0. The van der Waals surface area contributed by atoms with Gasteiger partial charge < -0.3 is 0 Å². The molecular formula is C5H5N. The molecule has 0 N–H and O–H groups in total. The lowest BCUT2D eigenvalue weighted by atomic mass is 10.0. The molecule has 1 heterocycles. The minimum absolute atomic E-state index is 0.815. The van der Waals surface area contributed by atoms with Crippen LogP contribution in [0.1, 0.15) is 6.42 Å². The zero-order chi connectivity index (χ0) is 3.72. The van der Waals surface area contributed by atoms with Crippen molar-refractivity contribution >= 4 is 5.71 Å². The maximum Gasteiger partial charge on any atom is 0.0914 e. The molecule has 1 heteroatoms. The van der Waals surface area contributed by atoms with Gasteiger partial charge >= 0.3 is 0 Å². The van der Waals surface area contributed by atoms with Gasteiger partial charge in [-0.25, -0.2) is 0 Å². The Hall–Kier alpha value is -0.330. The molecule has 0 radical (unpaired) electrons. The first-order valence-electron chi connectivity index (χ1n) is 2.54. The van der Waals surface area contributed by atoms with Gasteiger partial charge in [-0.15, -0.1) is 0 Å². The first-order chi connectivity index (χ1) is 2.97. The predicted molar refractivity (Wildman–Crippen MR) is 22.8 cm³/mol. The summed E-state index contributed by atoms with van der Waals surface area (Å²) in [7, 11) is 0. The lowest BCUT2D eigenvalue weighted by molar-refractivity contribution is 0.749. The van der Waals surface area contributed by atoms with Gasteiger partial charge in [-0.3, -0.25) is 4.99 Å². The fourth-order valence-electron chi connectivity index (χ4n) is 1.54. The van der Waals surface area contributed by atoms with Crippen molar-refractivity contribution in [2.24, 2.45) is 16.8 Å². The minimum Gasteiger partial charge on any atom is -0.282 e. The van der Waals surface area contributed by atoms with Crippen LogP contribution >= 0.6 is 0 Å². The molecule has 0 spiro atoms. The Morgan fingerprint density at radius 1 is 1.67 bits per heavy atom. The molecule has 2 saturated carbocycles. The Balaban J connectivity index is 2.28. The van der Waals surface area contributed by atoms with Crippen LogP contribution in [0.2, 0.25) is 0 Å². The van der Waals surface area contributed by atoms with E-state index in [-0.39, 0.29) is 0 Å². The molecule has 0 amide bonds. The predicted octanol–water partition coefficient (Wildman–Crippen LogP) is 0.459. The minimum atomic E-state index is 0.815. The molecule has 0 aromatic heterocycles. The zero-order valence-electron chi connectivity index (χ0n) is 3.39. The molecule has 3 rings (SSSR count). The normalized spacial score (nSPS) is 66.7. The van der Waals surface area contributed by atoms with E-state index in [2.05, 4.69) is 4.99 Å². The van der Waals surface area contributed by atoms with Gasteiger partial charge in [0.15, 0.2) is 0 Å². The summed E-state index contributed by atoms with van der Waals surface area (Å²) in [6.07, 6.45) is 1.49. The average Bonchev–Trinajstić information content (AvgIpc) is 2.04. The Kier molecular flexibility index (Phi) is 0.118. The second kappa shape index (κ2) is 0.337. The van der Waals surface area contributed by atoms with Crippen molar-refractivity contribution in [1.82, 2.24) is 0 Å². The van der Waals surface area contributed by atoms with E-state index in [1.54, 1.807) is 5.71 Å². The fourth-order valence-corrected chi connectivity index (χ4v) is 1.54. The van der Waals surface area contributed by atoms with Crippen LogP contribution in [0.4, 0.5) is 0 Å². The average molecular weight is 79.1 g/mol. The van der Waals surface area contributed by atoms with Gasteiger partial charge in [0.1, 0.15) is 0 Å². The first-order valence-corrected chi connectivity index (χ1v) is 2.54. The van der Waals surface area contributed by atoms with Gasteiger partial charge in [0.25, 0.3) is 0 Å². The molecule has 2 aliphatic carbocycles. The molecule has 1 nitrogen and oxygen atoms in total. The standard InChI is InChI=1S/C5H5N/c1-2-3(1)5-4(2)6-5/h2-4H,1H2. The molecule has 1 aliphatic heterocycles. The molecule has 0 aromatic carbocycles. The van der Waals surface area contributed by atoms with Gasteiger partial charge in [0, 0.05) is 11.6 Å². The van der Waals surface area contributed by atoms with Crippen LogP contribution in [0.15, 0.2) is 4.99 Å². The topological polar surface area (TPSA) is 12.4 Å². The van der Waals surface area contributed by atoms with Gasteiger partial charge in [-0.1, -0.05) is 0 Å². The molecule has 3 atom stereocenters. The number of fused-ring (bicyclic) bond motifs is 4. The van der Waals surface area contributed by atoms with Crippen molar-refractivity contribution in [2.45, 2.75) is 12.5 Å². The highest BCUT2D eigenvalue weighted by atomic mass is 15.1. The third-order valence-corrected chi connectivity index (χ3v) is 2.15. The Morgan fingerprint density at radius 2 is 2.67 bits per heavy atom. The van der Waals surface area contributed by atoms with Gasteiger partial charge in [0.05, 0.1) is 6.04 Å². The first kappa shape index (κ1) is 2.10. The summed E-state index contributed by atoms with van der Waals surface area (Å²) < 4.78 is 0. The molecular weight excluding hydrogens is 74.1 g/mol. The monoisotopic (exact) mass is 79.0 g/mol. The largest absolute Gasteiger partial charge is 0.282 e. The highest BCUT2D eigenvalue weighted by Gasteiger charge is 2.66. The zero-order valence-corrected chi connectivity index (χ0v) is 3.39. The van der Waals surface area contributed by atoms with Crippen LogP contribution in [0, 0.1) is 11.8 Å². The highest BCUT2D eigenvalue weighted by molar-refractivity contribution is 6.12.